The number of rotatable bonds is 4. The van der Waals surface area contributed by atoms with E-state index >= 15 is 0 Å². The fourth-order valence-corrected chi connectivity index (χ4v) is 1.61. The third-order valence-corrected chi connectivity index (χ3v) is 2.49. The molecule has 4 nitrogen and oxygen atoms in total. The smallest absolute Gasteiger partial charge is 0.396 e. The lowest BCUT2D eigenvalue weighted by molar-refractivity contribution is -0.152. The van der Waals surface area contributed by atoms with E-state index in [2.05, 4.69) is 23.9 Å². The van der Waals surface area contributed by atoms with Crippen LogP contribution in [0.4, 0.5) is 0 Å². The van der Waals surface area contributed by atoms with E-state index in [1.54, 1.807) is 0 Å². The summed E-state index contributed by atoms with van der Waals surface area (Å²) in [6, 6.07) is 7.99. The van der Waals surface area contributed by atoms with Crippen LogP contribution in [0.5, 0.6) is 0 Å². The minimum atomic E-state index is -0.869. The highest BCUT2D eigenvalue weighted by Gasteiger charge is 2.12. The molecule has 18 heavy (non-hydrogen) atoms. The van der Waals surface area contributed by atoms with Gasteiger partial charge in [0.25, 0.3) is 0 Å². The second kappa shape index (κ2) is 6.79. The average molecular weight is 249 g/mol. The Bertz CT molecular complexity index is 410. The molecule has 0 heterocycles. The highest BCUT2D eigenvalue weighted by Crippen LogP contribution is 2.09. The fraction of sp³-hybridized carbons (Fsp3) is 0.429. The van der Waals surface area contributed by atoms with E-state index in [1.807, 2.05) is 24.3 Å². The number of hydrogen-bond acceptors (Lipinski definition) is 3. The second-order valence-corrected chi connectivity index (χ2v) is 4.59. The molecular weight excluding hydrogens is 230 g/mol. The Morgan fingerprint density at radius 1 is 1.17 bits per heavy atom. The molecular formula is C14H19NO3. The number of methoxy groups -OCH3 is 1. The number of carbonyl (C=O) groups excluding carboxylic acids is 2. The first-order valence-electron chi connectivity index (χ1n) is 5.97. The summed E-state index contributed by atoms with van der Waals surface area (Å²) in [6.45, 7) is 4.67. The Morgan fingerprint density at radius 2 is 1.72 bits per heavy atom. The van der Waals surface area contributed by atoms with Crippen molar-refractivity contribution >= 4 is 11.9 Å². The van der Waals surface area contributed by atoms with Crippen molar-refractivity contribution in [1.29, 1.82) is 0 Å². The molecule has 0 fully saturated rings. The maximum absolute atomic E-state index is 11.2. The standard InChI is InChI=1S/C14H19NO3/c1-10(2)8-11-4-6-12(7-5-11)9-15-13(16)14(17)18-3/h4-7,10H,8-9H2,1-3H3,(H,15,16). The summed E-state index contributed by atoms with van der Waals surface area (Å²) in [6.07, 6.45) is 1.04. The van der Waals surface area contributed by atoms with Crippen LogP contribution in [0, 0.1) is 5.92 Å². The summed E-state index contributed by atoms with van der Waals surface area (Å²) in [5.41, 5.74) is 2.23. The van der Waals surface area contributed by atoms with Crippen LogP contribution in [0.3, 0.4) is 0 Å². The molecule has 0 spiro atoms. The predicted molar refractivity (Wildman–Crippen MR) is 68.8 cm³/mol. The third-order valence-electron chi connectivity index (χ3n) is 2.49. The summed E-state index contributed by atoms with van der Waals surface area (Å²) in [5.74, 6) is -0.968. The van der Waals surface area contributed by atoms with Gasteiger partial charge in [0.05, 0.1) is 7.11 Å². The summed E-state index contributed by atoms with van der Waals surface area (Å²) < 4.78 is 4.31. The summed E-state index contributed by atoms with van der Waals surface area (Å²) in [5, 5.41) is 2.50. The first-order chi connectivity index (χ1) is 8.52. The van der Waals surface area contributed by atoms with Crippen LogP contribution in [0.1, 0.15) is 25.0 Å². The monoisotopic (exact) mass is 249 g/mol. The molecule has 1 aromatic rings. The molecule has 0 aliphatic heterocycles. The van der Waals surface area contributed by atoms with E-state index in [0.29, 0.717) is 12.5 Å². The quantitative estimate of drug-likeness (QED) is 0.652. The highest BCUT2D eigenvalue weighted by molar-refractivity contribution is 6.32. The van der Waals surface area contributed by atoms with Gasteiger partial charge in [-0.25, -0.2) is 4.79 Å². The van der Waals surface area contributed by atoms with Gasteiger partial charge in [0.2, 0.25) is 0 Å². The average Bonchev–Trinajstić information content (AvgIpc) is 2.36. The van der Waals surface area contributed by atoms with E-state index in [-0.39, 0.29) is 0 Å². The molecule has 1 amide bonds. The Morgan fingerprint density at radius 3 is 2.22 bits per heavy atom. The topological polar surface area (TPSA) is 55.4 Å². The lowest BCUT2D eigenvalue weighted by Crippen LogP contribution is -2.31. The molecule has 0 aliphatic carbocycles. The van der Waals surface area contributed by atoms with Crippen LogP contribution in [0.2, 0.25) is 0 Å². The number of ether oxygens (including phenoxy) is 1. The molecule has 0 atom stereocenters. The zero-order valence-electron chi connectivity index (χ0n) is 11.0. The molecule has 1 rings (SSSR count). The second-order valence-electron chi connectivity index (χ2n) is 4.59. The molecule has 0 saturated carbocycles. The van der Waals surface area contributed by atoms with Gasteiger partial charge in [-0.05, 0) is 23.5 Å². The molecule has 0 aliphatic rings. The van der Waals surface area contributed by atoms with Gasteiger partial charge in [-0.3, -0.25) is 4.79 Å². The van der Waals surface area contributed by atoms with Gasteiger partial charge in [0.15, 0.2) is 0 Å². The van der Waals surface area contributed by atoms with Crippen LogP contribution < -0.4 is 5.32 Å². The number of hydrogen-bond donors (Lipinski definition) is 1. The van der Waals surface area contributed by atoms with E-state index in [4.69, 9.17) is 0 Å². The molecule has 0 unspecified atom stereocenters. The van der Waals surface area contributed by atoms with E-state index in [1.165, 1.54) is 12.7 Å². The molecule has 0 radical (unpaired) electrons. The van der Waals surface area contributed by atoms with Crippen LogP contribution in [0.15, 0.2) is 24.3 Å². The van der Waals surface area contributed by atoms with Crippen molar-refractivity contribution in [2.45, 2.75) is 26.8 Å². The number of benzene rings is 1. The van der Waals surface area contributed by atoms with Crippen molar-refractivity contribution in [3.05, 3.63) is 35.4 Å². The lowest BCUT2D eigenvalue weighted by Gasteiger charge is -2.07. The number of nitrogens with one attached hydrogen (secondary N) is 1. The van der Waals surface area contributed by atoms with Crippen molar-refractivity contribution in [1.82, 2.24) is 5.32 Å². The molecule has 0 saturated heterocycles. The predicted octanol–water partition coefficient (Wildman–Crippen LogP) is 1.67. The van der Waals surface area contributed by atoms with Gasteiger partial charge in [0, 0.05) is 6.54 Å². The molecule has 4 heteroatoms. The van der Waals surface area contributed by atoms with E-state index < -0.39 is 11.9 Å². The molecule has 0 aromatic heterocycles. The normalized spacial score (nSPS) is 10.2. The summed E-state index contributed by atoms with van der Waals surface area (Å²) in [7, 11) is 1.18. The maximum Gasteiger partial charge on any atom is 0.396 e. The number of esters is 1. The third kappa shape index (κ3) is 4.57. The van der Waals surface area contributed by atoms with E-state index in [0.717, 1.165) is 12.0 Å². The Kier molecular flexibility index (Phi) is 5.36. The molecule has 1 aromatic carbocycles. The maximum atomic E-state index is 11.2. The number of carbonyl (C=O) groups is 2. The van der Waals surface area contributed by atoms with Crippen molar-refractivity contribution in [3.8, 4) is 0 Å². The first kappa shape index (κ1) is 14.2. The minimum Gasteiger partial charge on any atom is -0.462 e. The molecule has 0 bridgehead atoms. The Labute approximate surface area is 107 Å². The van der Waals surface area contributed by atoms with Gasteiger partial charge in [-0.1, -0.05) is 38.1 Å². The van der Waals surface area contributed by atoms with Crippen molar-refractivity contribution in [2.24, 2.45) is 5.92 Å². The summed E-state index contributed by atoms with van der Waals surface area (Å²) >= 11 is 0. The minimum absolute atomic E-state index is 0.329. The van der Waals surface area contributed by atoms with Gasteiger partial charge in [-0.2, -0.15) is 0 Å². The molecule has 1 N–H and O–H groups in total. The van der Waals surface area contributed by atoms with Gasteiger partial charge in [-0.15, -0.1) is 0 Å². The van der Waals surface area contributed by atoms with Crippen LogP contribution in [-0.4, -0.2) is 19.0 Å². The largest absolute Gasteiger partial charge is 0.462 e. The number of amides is 1. The Hall–Kier alpha value is -1.84. The Balaban J connectivity index is 2.49. The molecule has 98 valence electrons. The van der Waals surface area contributed by atoms with Crippen LogP contribution in [0.25, 0.3) is 0 Å². The first-order valence-corrected chi connectivity index (χ1v) is 5.97. The SMILES string of the molecule is COC(=O)C(=O)NCc1ccc(CC(C)C)cc1. The van der Waals surface area contributed by atoms with Crippen molar-refractivity contribution in [2.75, 3.05) is 7.11 Å². The zero-order chi connectivity index (χ0) is 13.5. The van der Waals surface area contributed by atoms with Crippen molar-refractivity contribution in [3.63, 3.8) is 0 Å². The fourth-order valence-electron chi connectivity index (χ4n) is 1.61. The van der Waals surface area contributed by atoms with E-state index in [9.17, 15) is 9.59 Å². The van der Waals surface area contributed by atoms with Gasteiger partial charge >= 0.3 is 11.9 Å². The summed E-state index contributed by atoms with van der Waals surface area (Å²) in [4.78, 5) is 22.0. The zero-order valence-corrected chi connectivity index (χ0v) is 11.0. The van der Waals surface area contributed by atoms with Gasteiger partial charge in [0.1, 0.15) is 0 Å². The lowest BCUT2D eigenvalue weighted by atomic mass is 10.0. The van der Waals surface area contributed by atoms with Gasteiger partial charge < -0.3 is 10.1 Å². The van der Waals surface area contributed by atoms with Crippen molar-refractivity contribution < 1.29 is 14.3 Å². The van der Waals surface area contributed by atoms with Crippen LogP contribution >= 0.6 is 0 Å². The highest BCUT2D eigenvalue weighted by atomic mass is 16.5. The van der Waals surface area contributed by atoms with Crippen LogP contribution in [-0.2, 0) is 27.3 Å².